The van der Waals surface area contributed by atoms with Crippen molar-refractivity contribution in [2.45, 2.75) is 55.8 Å². The van der Waals surface area contributed by atoms with Gasteiger partial charge in [-0.1, -0.05) is 73.7 Å². The molecule has 3 amide bonds. The number of nitrogens with one attached hydrogen (secondary N) is 3. The molecule has 0 saturated heterocycles. The zero-order valence-electron chi connectivity index (χ0n) is 28.7. The van der Waals surface area contributed by atoms with Gasteiger partial charge in [0.15, 0.2) is 0 Å². The largest absolute Gasteiger partial charge is 0.489 e. The number of aryl methyl sites for hydroxylation is 1. The molecule has 6 rings (SSSR count). The summed E-state index contributed by atoms with van der Waals surface area (Å²) in [5, 5.41) is 18.8. The average Bonchev–Trinajstić information content (AvgIpc) is 3.53. The summed E-state index contributed by atoms with van der Waals surface area (Å²) in [7, 11) is 0. The Balaban J connectivity index is 1.15. The Morgan fingerprint density at radius 3 is 2.37 bits per heavy atom. The molecule has 10 heteroatoms. The highest BCUT2D eigenvalue weighted by atomic mass is 32.2. The Bertz CT molecular complexity index is 2110. The lowest BCUT2D eigenvalue weighted by atomic mass is 9.96. The summed E-state index contributed by atoms with van der Waals surface area (Å²) in [6.07, 6.45) is 6.15. The van der Waals surface area contributed by atoms with Gasteiger partial charge in [0, 0.05) is 21.0 Å². The molecule has 52 heavy (non-hydrogen) atoms. The Morgan fingerprint density at radius 2 is 1.63 bits per heavy atom. The summed E-state index contributed by atoms with van der Waals surface area (Å²) >= 11 is 2.90. The number of ether oxygens (including phenoxy) is 1. The fraction of sp³-hybridized carbons (Fsp3) is 0.190. The molecule has 1 unspecified atom stereocenters. The number of carbonyl (C=O) groups excluding carboxylic acids is 3. The van der Waals surface area contributed by atoms with Gasteiger partial charge in [0.25, 0.3) is 11.8 Å². The van der Waals surface area contributed by atoms with Crippen molar-refractivity contribution in [2.75, 3.05) is 10.6 Å². The van der Waals surface area contributed by atoms with Gasteiger partial charge in [-0.3, -0.25) is 14.4 Å². The van der Waals surface area contributed by atoms with Crippen LogP contribution in [0.4, 0.5) is 10.7 Å². The van der Waals surface area contributed by atoms with Gasteiger partial charge in [0.1, 0.15) is 29.1 Å². The number of fused-ring (bicyclic) bond motifs is 1. The first-order valence-corrected chi connectivity index (χ1v) is 18.9. The van der Waals surface area contributed by atoms with Crippen LogP contribution in [0.3, 0.4) is 0 Å². The second-order valence-corrected chi connectivity index (χ2v) is 14.6. The molecule has 1 aliphatic carbocycles. The van der Waals surface area contributed by atoms with E-state index in [2.05, 4.69) is 22.0 Å². The Morgan fingerprint density at radius 1 is 0.904 bits per heavy atom. The van der Waals surface area contributed by atoms with Crippen molar-refractivity contribution < 1.29 is 19.1 Å². The van der Waals surface area contributed by atoms with Crippen molar-refractivity contribution in [2.24, 2.45) is 0 Å². The summed E-state index contributed by atoms with van der Waals surface area (Å²) in [6.45, 7) is 2.37. The van der Waals surface area contributed by atoms with Crippen LogP contribution in [-0.4, -0.2) is 23.0 Å². The quantitative estimate of drug-likeness (QED) is 0.0823. The standard InChI is InChI=1S/C42H38N4O4S2/c1-2-37(41(49)46-42-35(26-43)34-18-9-10-19-38(34)52-42)51-33-17-11-16-31(25-33)44-40(48)36(45-39(47)30-14-7-4-8-15-30)24-28-20-22-32(23-21-28)50-27-29-12-5-3-6-13-29/h3-8,11-17,20-25,37H,2,9-10,18-19,27H2,1H3,(H,44,48)(H,45,47)(H,46,49)/b36-24+. The van der Waals surface area contributed by atoms with Crippen LogP contribution in [0.5, 0.6) is 5.75 Å². The lowest BCUT2D eigenvalue weighted by molar-refractivity contribution is -0.116. The minimum Gasteiger partial charge on any atom is -0.489 e. The fourth-order valence-corrected chi connectivity index (χ4v) is 8.06. The second-order valence-electron chi connectivity index (χ2n) is 12.2. The van der Waals surface area contributed by atoms with Crippen LogP contribution in [0.25, 0.3) is 6.08 Å². The number of amides is 3. The molecule has 0 saturated carbocycles. The molecule has 0 aliphatic heterocycles. The Labute approximate surface area is 311 Å². The molecular formula is C42H38N4O4S2. The van der Waals surface area contributed by atoms with Gasteiger partial charge in [0.2, 0.25) is 5.91 Å². The van der Waals surface area contributed by atoms with Crippen LogP contribution in [-0.2, 0) is 29.0 Å². The van der Waals surface area contributed by atoms with E-state index in [1.807, 2.05) is 79.7 Å². The number of carbonyl (C=O) groups is 3. The van der Waals surface area contributed by atoms with Crippen LogP contribution in [0.1, 0.15) is 63.7 Å². The maximum absolute atomic E-state index is 13.7. The third-order valence-corrected chi connectivity index (χ3v) is 11.1. The van der Waals surface area contributed by atoms with Crippen LogP contribution in [0.2, 0.25) is 0 Å². The van der Waals surface area contributed by atoms with Crippen LogP contribution in [0, 0.1) is 11.3 Å². The highest BCUT2D eigenvalue weighted by molar-refractivity contribution is 8.00. The normalized spacial score (nSPS) is 12.9. The summed E-state index contributed by atoms with van der Waals surface area (Å²) < 4.78 is 5.91. The van der Waals surface area contributed by atoms with Crippen LogP contribution in [0.15, 0.2) is 120 Å². The minimum atomic E-state index is -0.508. The molecule has 1 aliphatic rings. The first-order chi connectivity index (χ1) is 25.4. The average molecular weight is 727 g/mol. The van der Waals surface area contributed by atoms with Gasteiger partial charge in [-0.25, -0.2) is 0 Å². The third kappa shape index (κ3) is 9.37. The number of nitriles is 1. The molecule has 0 fully saturated rings. The maximum Gasteiger partial charge on any atom is 0.272 e. The predicted molar refractivity (Wildman–Crippen MR) is 208 cm³/mol. The van der Waals surface area contributed by atoms with Gasteiger partial charge in [-0.15, -0.1) is 23.1 Å². The Hall–Kier alpha value is -5.63. The number of rotatable bonds is 13. The van der Waals surface area contributed by atoms with E-state index in [0.29, 0.717) is 46.2 Å². The van der Waals surface area contributed by atoms with Crippen LogP contribution < -0.4 is 20.7 Å². The van der Waals surface area contributed by atoms with Gasteiger partial charge < -0.3 is 20.7 Å². The van der Waals surface area contributed by atoms with E-state index < -0.39 is 17.1 Å². The SMILES string of the molecule is CCC(Sc1cccc(NC(=O)/C(=C\c2ccc(OCc3ccccc3)cc2)NC(=O)c2ccccc2)c1)C(=O)Nc1sc2c(c1C#N)CCCC2. The lowest BCUT2D eigenvalue weighted by Gasteiger charge is -2.16. The number of nitrogens with zero attached hydrogens (tertiary/aromatic N) is 1. The Kier molecular flexibility index (Phi) is 12.2. The number of thioether (sulfide) groups is 1. The van der Waals surface area contributed by atoms with Crippen molar-refractivity contribution in [3.63, 3.8) is 0 Å². The molecule has 8 nitrogen and oxygen atoms in total. The molecule has 0 bridgehead atoms. The number of hydrogen-bond acceptors (Lipinski definition) is 7. The van der Waals surface area contributed by atoms with Crippen LogP contribution >= 0.6 is 23.1 Å². The van der Waals surface area contributed by atoms with Crippen molar-refractivity contribution in [1.29, 1.82) is 5.26 Å². The number of thiophene rings is 1. The van der Waals surface area contributed by atoms with E-state index in [1.165, 1.54) is 28.0 Å². The number of benzene rings is 4. The smallest absolute Gasteiger partial charge is 0.272 e. The third-order valence-electron chi connectivity index (χ3n) is 8.52. The van der Waals surface area contributed by atoms with E-state index >= 15 is 0 Å². The first-order valence-electron chi connectivity index (χ1n) is 17.2. The fourth-order valence-electron chi connectivity index (χ4n) is 5.81. The van der Waals surface area contributed by atoms with E-state index in [0.717, 1.165) is 41.7 Å². The van der Waals surface area contributed by atoms with E-state index in [4.69, 9.17) is 4.74 Å². The van der Waals surface area contributed by atoms with Crippen molar-refractivity contribution in [3.8, 4) is 11.8 Å². The van der Waals surface area contributed by atoms with Gasteiger partial charge in [-0.05, 0) is 97.3 Å². The maximum atomic E-state index is 13.7. The van der Waals surface area contributed by atoms with Gasteiger partial charge in [0.05, 0.1) is 10.8 Å². The van der Waals surface area contributed by atoms with E-state index in [-0.39, 0.29) is 11.6 Å². The van der Waals surface area contributed by atoms with Crippen molar-refractivity contribution in [1.82, 2.24) is 5.32 Å². The molecule has 1 aromatic heterocycles. The molecule has 3 N–H and O–H groups in total. The zero-order valence-corrected chi connectivity index (χ0v) is 30.3. The monoisotopic (exact) mass is 726 g/mol. The molecular weight excluding hydrogens is 689 g/mol. The van der Waals surface area contributed by atoms with E-state index in [1.54, 1.807) is 42.5 Å². The molecule has 5 aromatic rings. The molecule has 1 atom stereocenters. The van der Waals surface area contributed by atoms with Gasteiger partial charge >= 0.3 is 0 Å². The van der Waals surface area contributed by atoms with Gasteiger partial charge in [-0.2, -0.15) is 5.26 Å². The van der Waals surface area contributed by atoms with Crippen molar-refractivity contribution in [3.05, 3.63) is 148 Å². The molecule has 0 spiro atoms. The predicted octanol–water partition coefficient (Wildman–Crippen LogP) is 9.00. The highest BCUT2D eigenvalue weighted by Crippen LogP contribution is 2.38. The second kappa shape index (κ2) is 17.5. The molecule has 262 valence electrons. The first kappa shape index (κ1) is 36.2. The number of hydrogen-bond donors (Lipinski definition) is 3. The molecule has 4 aromatic carbocycles. The topological polar surface area (TPSA) is 120 Å². The van der Waals surface area contributed by atoms with E-state index in [9.17, 15) is 19.6 Å². The molecule has 0 radical (unpaired) electrons. The highest BCUT2D eigenvalue weighted by Gasteiger charge is 2.25. The molecule has 1 heterocycles. The summed E-state index contributed by atoms with van der Waals surface area (Å²) in [4.78, 5) is 42.3. The zero-order chi connectivity index (χ0) is 36.3. The summed E-state index contributed by atoms with van der Waals surface area (Å²) in [5.74, 6) is -0.417. The minimum absolute atomic E-state index is 0.0580. The number of anilines is 2. The summed E-state index contributed by atoms with van der Waals surface area (Å²) in [6, 6.07) is 35.4. The lowest BCUT2D eigenvalue weighted by Crippen LogP contribution is -2.30. The van der Waals surface area contributed by atoms with Crippen molar-refractivity contribution >= 4 is 57.6 Å². The summed E-state index contributed by atoms with van der Waals surface area (Å²) in [5.41, 5.74) is 4.39.